The average molecular weight is 363 g/mol. The van der Waals surface area contributed by atoms with E-state index in [-0.39, 0.29) is 11.3 Å². The summed E-state index contributed by atoms with van der Waals surface area (Å²) < 4.78 is 16.0. The first kappa shape index (κ1) is 16.7. The van der Waals surface area contributed by atoms with Crippen molar-refractivity contribution in [3.8, 4) is 0 Å². The molecule has 27 heavy (non-hydrogen) atoms. The molecule has 4 rings (SSSR count). The van der Waals surface area contributed by atoms with Crippen molar-refractivity contribution in [1.29, 1.82) is 0 Å². The molecule has 4 amide bonds. The zero-order valence-electron chi connectivity index (χ0n) is 14.3. The number of halogens is 1. The van der Waals surface area contributed by atoms with Crippen molar-refractivity contribution >= 4 is 40.5 Å². The highest BCUT2D eigenvalue weighted by atomic mass is 19.1. The van der Waals surface area contributed by atoms with E-state index < -0.39 is 23.7 Å². The first-order valence-corrected chi connectivity index (χ1v) is 8.17. The number of hydrogen-bond donors (Lipinski definition) is 1. The van der Waals surface area contributed by atoms with E-state index in [0.29, 0.717) is 10.5 Å². The van der Waals surface area contributed by atoms with Crippen molar-refractivity contribution in [3.05, 3.63) is 71.7 Å². The first-order valence-electron chi connectivity index (χ1n) is 8.17. The standard InChI is InChI=1S/C20H14FN3O3/c1-23-11-12(13-6-2-4-8-16(13)23)10-14-18(25)22-20(27)24(19(14)26)17-9-5-3-7-15(17)21/h2-11H,1H3,(H,22,25,27)/b14-10-. The van der Waals surface area contributed by atoms with Crippen LogP contribution >= 0.6 is 0 Å². The van der Waals surface area contributed by atoms with Crippen LogP contribution in [0.3, 0.4) is 0 Å². The Kier molecular flexibility index (Phi) is 3.84. The normalized spacial score (nSPS) is 16.3. The lowest BCUT2D eigenvalue weighted by Gasteiger charge is -2.26. The third-order valence-electron chi connectivity index (χ3n) is 4.42. The Bertz CT molecular complexity index is 1150. The van der Waals surface area contributed by atoms with Gasteiger partial charge in [0.15, 0.2) is 0 Å². The van der Waals surface area contributed by atoms with Gasteiger partial charge in [0, 0.05) is 29.7 Å². The maximum atomic E-state index is 14.1. The van der Waals surface area contributed by atoms with E-state index in [2.05, 4.69) is 5.32 Å². The number of aromatic nitrogens is 1. The molecule has 0 atom stereocenters. The molecule has 1 saturated heterocycles. The van der Waals surface area contributed by atoms with Crippen LogP contribution in [-0.2, 0) is 16.6 Å². The molecular weight excluding hydrogens is 349 g/mol. The summed E-state index contributed by atoms with van der Waals surface area (Å²) in [4.78, 5) is 37.9. The Morgan fingerprint density at radius 1 is 1.00 bits per heavy atom. The maximum absolute atomic E-state index is 14.1. The molecule has 1 aliphatic rings. The molecule has 0 spiro atoms. The Labute approximate surface area is 153 Å². The molecule has 0 bridgehead atoms. The minimum atomic E-state index is -0.981. The van der Waals surface area contributed by atoms with Crippen LogP contribution in [0.1, 0.15) is 5.56 Å². The molecule has 1 N–H and O–H groups in total. The van der Waals surface area contributed by atoms with Gasteiger partial charge in [0.2, 0.25) is 0 Å². The summed E-state index contributed by atoms with van der Waals surface area (Å²) in [5.74, 6) is -2.42. The lowest BCUT2D eigenvalue weighted by atomic mass is 10.1. The largest absolute Gasteiger partial charge is 0.350 e. The average Bonchev–Trinajstić information content (AvgIpc) is 2.96. The van der Waals surface area contributed by atoms with Crippen LogP contribution in [0, 0.1) is 5.82 Å². The second kappa shape index (κ2) is 6.21. The number of carbonyl (C=O) groups excluding carboxylic acids is 3. The molecular formula is C20H14FN3O3. The molecule has 134 valence electrons. The van der Waals surface area contributed by atoms with E-state index >= 15 is 0 Å². The molecule has 0 aliphatic carbocycles. The number of amides is 4. The molecule has 0 unspecified atom stereocenters. The van der Waals surface area contributed by atoms with Gasteiger partial charge in [-0.25, -0.2) is 14.1 Å². The number of anilines is 1. The SMILES string of the molecule is Cn1cc(/C=C2/C(=O)NC(=O)N(c3ccccc3F)C2=O)c2ccccc21. The summed E-state index contributed by atoms with van der Waals surface area (Å²) in [5.41, 5.74) is 1.12. The number of barbiturate groups is 1. The topological polar surface area (TPSA) is 71.4 Å². The van der Waals surface area contributed by atoms with Gasteiger partial charge in [-0.2, -0.15) is 0 Å². The summed E-state index contributed by atoms with van der Waals surface area (Å²) in [6.45, 7) is 0. The summed E-state index contributed by atoms with van der Waals surface area (Å²) >= 11 is 0. The molecule has 6 nitrogen and oxygen atoms in total. The first-order chi connectivity index (χ1) is 13.0. The smallest absolute Gasteiger partial charge is 0.336 e. The number of imide groups is 2. The maximum Gasteiger partial charge on any atom is 0.336 e. The van der Waals surface area contributed by atoms with Crippen molar-refractivity contribution < 1.29 is 18.8 Å². The molecule has 7 heteroatoms. The molecule has 2 aromatic carbocycles. The predicted molar refractivity (Wildman–Crippen MR) is 98.3 cm³/mol. The number of rotatable bonds is 2. The number of para-hydroxylation sites is 2. The summed E-state index contributed by atoms with van der Waals surface area (Å²) in [5, 5.41) is 2.95. The summed E-state index contributed by atoms with van der Waals surface area (Å²) in [6, 6.07) is 11.9. The zero-order chi connectivity index (χ0) is 19.1. The number of hydrogen-bond acceptors (Lipinski definition) is 3. The number of nitrogens with zero attached hydrogens (tertiary/aromatic N) is 2. The quantitative estimate of drug-likeness (QED) is 0.562. The number of aryl methyl sites for hydroxylation is 1. The lowest BCUT2D eigenvalue weighted by molar-refractivity contribution is -0.122. The minimum Gasteiger partial charge on any atom is -0.350 e. The van der Waals surface area contributed by atoms with E-state index in [1.165, 1.54) is 24.3 Å². The number of urea groups is 1. The Morgan fingerprint density at radius 3 is 2.48 bits per heavy atom. The van der Waals surface area contributed by atoms with Crippen molar-refractivity contribution in [2.75, 3.05) is 4.90 Å². The van der Waals surface area contributed by atoms with E-state index in [4.69, 9.17) is 0 Å². The zero-order valence-corrected chi connectivity index (χ0v) is 14.3. The van der Waals surface area contributed by atoms with Crippen molar-refractivity contribution in [3.63, 3.8) is 0 Å². The molecule has 3 aromatic rings. The van der Waals surface area contributed by atoms with Gasteiger partial charge >= 0.3 is 6.03 Å². The monoisotopic (exact) mass is 363 g/mol. The van der Waals surface area contributed by atoms with Gasteiger partial charge in [0.1, 0.15) is 11.4 Å². The van der Waals surface area contributed by atoms with Gasteiger partial charge in [-0.3, -0.25) is 14.9 Å². The highest BCUT2D eigenvalue weighted by Gasteiger charge is 2.38. The summed E-state index contributed by atoms with van der Waals surface area (Å²) in [6.07, 6.45) is 3.20. The minimum absolute atomic E-state index is 0.212. The molecule has 0 radical (unpaired) electrons. The molecule has 1 aliphatic heterocycles. The number of fused-ring (bicyclic) bond motifs is 1. The Morgan fingerprint density at radius 2 is 1.70 bits per heavy atom. The van der Waals surface area contributed by atoms with Crippen LogP contribution in [0.25, 0.3) is 17.0 Å². The van der Waals surface area contributed by atoms with E-state index in [1.807, 2.05) is 35.9 Å². The van der Waals surface area contributed by atoms with Crippen LogP contribution in [0.4, 0.5) is 14.9 Å². The fraction of sp³-hybridized carbons (Fsp3) is 0.0500. The highest BCUT2D eigenvalue weighted by Crippen LogP contribution is 2.27. The van der Waals surface area contributed by atoms with Gasteiger partial charge in [0.25, 0.3) is 11.8 Å². The second-order valence-electron chi connectivity index (χ2n) is 6.12. The predicted octanol–water partition coefficient (Wildman–Crippen LogP) is 2.98. The number of nitrogens with one attached hydrogen (secondary N) is 1. The van der Waals surface area contributed by atoms with Crippen molar-refractivity contribution in [1.82, 2.24) is 9.88 Å². The van der Waals surface area contributed by atoms with E-state index in [0.717, 1.165) is 17.0 Å². The molecule has 1 aromatic heterocycles. The third-order valence-corrected chi connectivity index (χ3v) is 4.42. The van der Waals surface area contributed by atoms with Crippen LogP contribution in [0.2, 0.25) is 0 Å². The van der Waals surface area contributed by atoms with E-state index in [1.54, 1.807) is 6.20 Å². The van der Waals surface area contributed by atoms with Crippen LogP contribution in [-0.4, -0.2) is 22.4 Å². The van der Waals surface area contributed by atoms with Gasteiger partial charge in [-0.15, -0.1) is 0 Å². The highest BCUT2D eigenvalue weighted by molar-refractivity contribution is 6.39. The van der Waals surface area contributed by atoms with Gasteiger partial charge < -0.3 is 4.57 Å². The van der Waals surface area contributed by atoms with Crippen LogP contribution in [0.5, 0.6) is 0 Å². The van der Waals surface area contributed by atoms with Crippen LogP contribution in [0.15, 0.2) is 60.3 Å². The molecule has 0 saturated carbocycles. The molecule has 2 heterocycles. The third kappa shape index (κ3) is 2.69. The van der Waals surface area contributed by atoms with E-state index in [9.17, 15) is 18.8 Å². The number of carbonyl (C=O) groups is 3. The van der Waals surface area contributed by atoms with Gasteiger partial charge in [-0.05, 0) is 24.3 Å². The number of benzene rings is 2. The van der Waals surface area contributed by atoms with Crippen LogP contribution < -0.4 is 10.2 Å². The van der Waals surface area contributed by atoms with Crippen molar-refractivity contribution in [2.24, 2.45) is 7.05 Å². The van der Waals surface area contributed by atoms with Gasteiger partial charge in [-0.1, -0.05) is 30.3 Å². The second-order valence-corrected chi connectivity index (χ2v) is 6.12. The van der Waals surface area contributed by atoms with Crippen molar-refractivity contribution in [2.45, 2.75) is 0 Å². The fourth-order valence-corrected chi connectivity index (χ4v) is 3.15. The Hall–Kier alpha value is -3.74. The molecule has 1 fully saturated rings. The Balaban J connectivity index is 1.83. The van der Waals surface area contributed by atoms with Gasteiger partial charge in [0.05, 0.1) is 5.69 Å². The lowest BCUT2D eigenvalue weighted by Crippen LogP contribution is -2.54. The summed E-state index contributed by atoms with van der Waals surface area (Å²) in [7, 11) is 1.85. The fourth-order valence-electron chi connectivity index (χ4n) is 3.15.